The first-order valence-corrected chi connectivity index (χ1v) is 13.5. The standard InChI is InChI=1S/C30H30FN5O4/c1-3-7-26-24(12-19-11-10-18(13-25(19)31)23-9-6-5-8-20(23)16-32)28(37)35(30-33-17-34-36(26)30)21-14-22(15-21)40-27(4-2)29(38)39/h5-6,8-11,13,17,21-22,27H,3-4,7,12,14-15H2,1-2H3,(H,38,39). The van der Waals surface area contributed by atoms with Crippen molar-refractivity contribution in [1.29, 1.82) is 5.26 Å². The first-order chi connectivity index (χ1) is 19.4. The number of aliphatic carboxylic acids is 1. The number of aromatic nitrogens is 4. The fraction of sp³-hybridized carbons (Fsp3) is 0.367. The zero-order valence-electron chi connectivity index (χ0n) is 22.4. The molecular formula is C30H30FN5O4. The normalized spacial score (nSPS) is 17.4. The lowest BCUT2D eigenvalue weighted by Crippen LogP contribution is -2.43. The van der Waals surface area contributed by atoms with E-state index in [0.717, 1.165) is 6.42 Å². The van der Waals surface area contributed by atoms with Crippen LogP contribution in [0.4, 0.5) is 4.39 Å². The van der Waals surface area contributed by atoms with Crippen molar-refractivity contribution in [2.45, 2.75) is 70.6 Å². The van der Waals surface area contributed by atoms with Crippen LogP contribution in [0.2, 0.25) is 0 Å². The third-order valence-corrected chi connectivity index (χ3v) is 7.53. The Morgan fingerprint density at radius 3 is 2.70 bits per heavy atom. The van der Waals surface area contributed by atoms with Crippen LogP contribution in [0, 0.1) is 17.1 Å². The van der Waals surface area contributed by atoms with E-state index in [1.54, 1.807) is 52.4 Å². The second kappa shape index (κ2) is 11.4. The number of nitrogens with zero attached hydrogens (tertiary/aromatic N) is 5. The molecule has 0 saturated heterocycles. The molecule has 2 heterocycles. The van der Waals surface area contributed by atoms with Gasteiger partial charge in [0.25, 0.3) is 5.56 Å². The lowest BCUT2D eigenvalue weighted by atomic mass is 9.88. The molecule has 1 fully saturated rings. The molecule has 9 nitrogen and oxygen atoms in total. The van der Waals surface area contributed by atoms with Gasteiger partial charge in [-0.05, 0) is 54.5 Å². The molecule has 10 heteroatoms. The molecule has 0 radical (unpaired) electrons. The summed E-state index contributed by atoms with van der Waals surface area (Å²) in [7, 11) is 0. The average molecular weight is 544 g/mol. The van der Waals surface area contributed by atoms with E-state index in [9.17, 15) is 20.0 Å². The highest BCUT2D eigenvalue weighted by Crippen LogP contribution is 2.36. The van der Waals surface area contributed by atoms with Crippen molar-refractivity contribution in [3.8, 4) is 17.2 Å². The van der Waals surface area contributed by atoms with Gasteiger partial charge in [-0.25, -0.2) is 13.7 Å². The van der Waals surface area contributed by atoms with Gasteiger partial charge in [0.2, 0.25) is 5.78 Å². The van der Waals surface area contributed by atoms with Gasteiger partial charge in [-0.1, -0.05) is 50.6 Å². The fourth-order valence-electron chi connectivity index (χ4n) is 5.38. The van der Waals surface area contributed by atoms with Gasteiger partial charge in [0.1, 0.15) is 12.1 Å². The summed E-state index contributed by atoms with van der Waals surface area (Å²) in [6, 6.07) is 13.8. The Morgan fingerprint density at radius 1 is 1.25 bits per heavy atom. The second-order valence-electron chi connectivity index (χ2n) is 10.1. The number of fused-ring (bicyclic) bond motifs is 1. The molecule has 4 aromatic rings. The Labute approximate surface area is 230 Å². The first kappa shape index (κ1) is 27.2. The number of aryl methyl sites for hydroxylation is 1. The lowest BCUT2D eigenvalue weighted by molar-refractivity contribution is -0.160. The van der Waals surface area contributed by atoms with Crippen LogP contribution >= 0.6 is 0 Å². The van der Waals surface area contributed by atoms with Crippen molar-refractivity contribution in [2.24, 2.45) is 0 Å². The Morgan fingerprint density at radius 2 is 2.02 bits per heavy atom. The molecule has 1 atom stereocenters. The van der Waals surface area contributed by atoms with E-state index >= 15 is 4.39 Å². The van der Waals surface area contributed by atoms with Gasteiger partial charge in [0, 0.05) is 18.0 Å². The molecule has 40 heavy (non-hydrogen) atoms. The van der Waals surface area contributed by atoms with Crippen LogP contribution < -0.4 is 5.56 Å². The Bertz CT molecular complexity index is 1670. The van der Waals surface area contributed by atoms with Crippen molar-refractivity contribution >= 4 is 11.7 Å². The van der Waals surface area contributed by atoms with E-state index in [2.05, 4.69) is 16.2 Å². The highest BCUT2D eigenvalue weighted by atomic mass is 19.1. The predicted octanol–water partition coefficient (Wildman–Crippen LogP) is 4.70. The Hall–Kier alpha value is -4.36. The Balaban J connectivity index is 1.50. The summed E-state index contributed by atoms with van der Waals surface area (Å²) in [4.78, 5) is 29.7. The minimum absolute atomic E-state index is 0.0690. The van der Waals surface area contributed by atoms with Gasteiger partial charge >= 0.3 is 5.97 Å². The van der Waals surface area contributed by atoms with Crippen LogP contribution in [0.3, 0.4) is 0 Å². The summed E-state index contributed by atoms with van der Waals surface area (Å²) >= 11 is 0. The largest absolute Gasteiger partial charge is 0.479 e. The number of halogens is 1. The van der Waals surface area contributed by atoms with E-state index in [-0.39, 0.29) is 24.1 Å². The van der Waals surface area contributed by atoms with Crippen molar-refractivity contribution in [2.75, 3.05) is 0 Å². The second-order valence-corrected chi connectivity index (χ2v) is 10.1. The summed E-state index contributed by atoms with van der Waals surface area (Å²) in [6.45, 7) is 3.76. The van der Waals surface area contributed by atoms with Gasteiger partial charge < -0.3 is 9.84 Å². The number of nitriles is 1. The van der Waals surface area contributed by atoms with Crippen LogP contribution in [0.25, 0.3) is 16.9 Å². The third kappa shape index (κ3) is 5.00. The van der Waals surface area contributed by atoms with Crippen LogP contribution in [0.5, 0.6) is 0 Å². The summed E-state index contributed by atoms with van der Waals surface area (Å²) in [6.07, 6.45) is 2.93. The molecule has 0 bridgehead atoms. The number of benzene rings is 2. The molecule has 206 valence electrons. The van der Waals surface area contributed by atoms with E-state index in [0.29, 0.717) is 65.0 Å². The third-order valence-electron chi connectivity index (χ3n) is 7.53. The zero-order chi connectivity index (χ0) is 28.4. The number of ether oxygens (including phenoxy) is 1. The molecule has 2 aromatic heterocycles. The van der Waals surface area contributed by atoms with Crippen molar-refractivity contribution in [1.82, 2.24) is 19.2 Å². The fourth-order valence-corrected chi connectivity index (χ4v) is 5.38. The maximum absolute atomic E-state index is 15.5. The highest BCUT2D eigenvalue weighted by molar-refractivity contribution is 5.72. The molecule has 0 spiro atoms. The monoisotopic (exact) mass is 543 g/mol. The van der Waals surface area contributed by atoms with Gasteiger partial charge in [0.05, 0.1) is 23.4 Å². The predicted molar refractivity (Wildman–Crippen MR) is 145 cm³/mol. The molecule has 1 aliphatic carbocycles. The number of carboxylic acids is 1. The van der Waals surface area contributed by atoms with E-state index in [1.165, 1.54) is 12.4 Å². The van der Waals surface area contributed by atoms with Crippen LogP contribution in [-0.2, 0) is 22.4 Å². The van der Waals surface area contributed by atoms with Crippen LogP contribution in [0.15, 0.2) is 53.6 Å². The van der Waals surface area contributed by atoms with E-state index in [1.807, 2.05) is 6.92 Å². The summed E-state index contributed by atoms with van der Waals surface area (Å²) < 4.78 is 24.5. The average Bonchev–Trinajstić information content (AvgIpc) is 3.41. The maximum atomic E-state index is 15.5. The summed E-state index contributed by atoms with van der Waals surface area (Å²) in [5, 5.41) is 23.2. The summed E-state index contributed by atoms with van der Waals surface area (Å²) in [5.74, 6) is -1.05. The van der Waals surface area contributed by atoms with Gasteiger partial charge in [0.15, 0.2) is 6.10 Å². The molecule has 0 amide bonds. The van der Waals surface area contributed by atoms with Crippen molar-refractivity contribution in [3.05, 3.63) is 87.3 Å². The van der Waals surface area contributed by atoms with Crippen molar-refractivity contribution in [3.63, 3.8) is 0 Å². The molecule has 2 aromatic carbocycles. The van der Waals surface area contributed by atoms with Crippen LogP contribution in [-0.4, -0.2) is 42.4 Å². The van der Waals surface area contributed by atoms with E-state index in [4.69, 9.17) is 4.74 Å². The number of rotatable bonds is 10. The SMILES string of the molecule is CCCc1c(Cc2ccc(-c3ccccc3C#N)cc2F)c(=O)n(C2CC(OC(CC)C(=O)O)C2)c2ncnn12. The number of carboxylic acid groups (broad SMARTS) is 1. The molecule has 1 aliphatic rings. The molecule has 0 aliphatic heterocycles. The number of carbonyl (C=O) groups is 1. The quantitative estimate of drug-likeness (QED) is 0.308. The number of hydrogen-bond acceptors (Lipinski definition) is 6. The minimum atomic E-state index is -1.00. The minimum Gasteiger partial charge on any atom is -0.479 e. The number of hydrogen-bond donors (Lipinski definition) is 1. The van der Waals surface area contributed by atoms with Gasteiger partial charge in [-0.15, -0.1) is 0 Å². The van der Waals surface area contributed by atoms with E-state index < -0.39 is 17.9 Å². The molecule has 1 unspecified atom stereocenters. The van der Waals surface area contributed by atoms with Crippen molar-refractivity contribution < 1.29 is 19.0 Å². The zero-order valence-corrected chi connectivity index (χ0v) is 22.4. The molecular weight excluding hydrogens is 513 g/mol. The lowest BCUT2D eigenvalue weighted by Gasteiger charge is -2.37. The topological polar surface area (TPSA) is 123 Å². The maximum Gasteiger partial charge on any atom is 0.332 e. The first-order valence-electron chi connectivity index (χ1n) is 13.5. The van der Waals surface area contributed by atoms with Gasteiger partial charge in [-0.3, -0.25) is 9.36 Å². The smallest absolute Gasteiger partial charge is 0.332 e. The molecule has 1 saturated carbocycles. The van der Waals surface area contributed by atoms with Gasteiger partial charge in [-0.2, -0.15) is 15.3 Å². The highest BCUT2D eigenvalue weighted by Gasteiger charge is 2.37. The Kier molecular flexibility index (Phi) is 7.76. The van der Waals surface area contributed by atoms with Crippen LogP contribution in [0.1, 0.15) is 68.0 Å². The molecule has 1 N–H and O–H groups in total. The summed E-state index contributed by atoms with van der Waals surface area (Å²) in [5.41, 5.74) is 2.93. The molecule has 5 rings (SSSR count).